The Morgan fingerprint density at radius 2 is 0.778 bits per heavy atom. The first-order valence-corrected chi connectivity index (χ1v) is 21.3. The van der Waals surface area contributed by atoms with Gasteiger partial charge in [-0.3, -0.25) is 0 Å². The Labute approximate surface area is 365 Å². The van der Waals surface area contributed by atoms with Gasteiger partial charge < -0.3 is 4.57 Å². The molecule has 0 atom stereocenters. The van der Waals surface area contributed by atoms with E-state index >= 15 is 0 Å². The summed E-state index contributed by atoms with van der Waals surface area (Å²) in [7, 11) is 0. The zero-order valence-corrected chi connectivity index (χ0v) is 34.2. The van der Waals surface area contributed by atoms with Crippen molar-refractivity contribution in [3.63, 3.8) is 0 Å². The molecule has 0 bridgehead atoms. The third-order valence-electron chi connectivity index (χ3n) is 12.2. The number of rotatable bonds is 7. The fraction of sp³-hybridized carbons (Fsp3) is 0. The Morgan fingerprint density at radius 1 is 0.270 bits per heavy atom. The Balaban J connectivity index is 0.979. The first-order chi connectivity index (χ1) is 31.2. The Morgan fingerprint density at radius 3 is 1.43 bits per heavy atom. The molecule has 4 nitrogen and oxygen atoms in total. The highest BCUT2D eigenvalue weighted by Crippen LogP contribution is 2.41. The average molecular weight is 803 g/mol. The van der Waals surface area contributed by atoms with Crippen LogP contribution in [0.15, 0.2) is 231 Å². The van der Waals surface area contributed by atoms with Crippen LogP contribution in [0.1, 0.15) is 0 Å². The third-order valence-corrected chi connectivity index (χ3v) is 12.2. The molecular formula is C59H38N4. The van der Waals surface area contributed by atoms with Gasteiger partial charge in [0.05, 0.1) is 33.6 Å². The molecule has 63 heavy (non-hydrogen) atoms. The van der Waals surface area contributed by atoms with Gasteiger partial charge in [0.1, 0.15) is 0 Å². The molecule has 0 radical (unpaired) electrons. The summed E-state index contributed by atoms with van der Waals surface area (Å²) in [4.78, 5) is 15.6. The molecule has 0 unspecified atom stereocenters. The van der Waals surface area contributed by atoms with Crippen molar-refractivity contribution >= 4 is 43.5 Å². The van der Waals surface area contributed by atoms with E-state index < -0.39 is 0 Å². The van der Waals surface area contributed by atoms with Gasteiger partial charge in [-0.05, 0) is 76.2 Å². The van der Waals surface area contributed by atoms with E-state index in [4.69, 9.17) is 15.0 Å². The molecule has 12 aromatic rings. The van der Waals surface area contributed by atoms with Crippen LogP contribution >= 0.6 is 0 Å². The highest BCUT2D eigenvalue weighted by molar-refractivity contribution is 6.20. The van der Waals surface area contributed by atoms with Crippen molar-refractivity contribution in [1.82, 2.24) is 19.5 Å². The monoisotopic (exact) mass is 802 g/mol. The van der Waals surface area contributed by atoms with E-state index in [1.165, 1.54) is 32.8 Å². The average Bonchev–Trinajstić information content (AvgIpc) is 3.69. The van der Waals surface area contributed by atoms with Crippen LogP contribution in [0.3, 0.4) is 0 Å². The van der Waals surface area contributed by atoms with Gasteiger partial charge >= 0.3 is 0 Å². The molecule has 0 N–H and O–H groups in total. The van der Waals surface area contributed by atoms with Crippen LogP contribution in [0, 0.1) is 0 Å². The molecule has 0 saturated carbocycles. The van der Waals surface area contributed by atoms with E-state index in [1.54, 1.807) is 0 Å². The van der Waals surface area contributed by atoms with Crippen molar-refractivity contribution in [2.45, 2.75) is 0 Å². The molecule has 3 heterocycles. The van der Waals surface area contributed by atoms with Gasteiger partial charge in [-0.2, -0.15) is 0 Å². The topological polar surface area (TPSA) is 43.6 Å². The van der Waals surface area contributed by atoms with E-state index in [2.05, 4.69) is 211 Å². The lowest BCUT2D eigenvalue weighted by atomic mass is 9.95. The molecule has 0 amide bonds. The first kappa shape index (κ1) is 36.4. The molecule has 0 spiro atoms. The molecule has 0 aliphatic carbocycles. The lowest BCUT2D eigenvalue weighted by Crippen LogP contribution is -1.96. The molecule has 4 heteroatoms. The highest BCUT2D eigenvalue weighted by Gasteiger charge is 2.18. The van der Waals surface area contributed by atoms with Gasteiger partial charge in [0.2, 0.25) is 0 Å². The van der Waals surface area contributed by atoms with Gasteiger partial charge in [0, 0.05) is 49.5 Å². The highest BCUT2D eigenvalue weighted by atomic mass is 15.0. The fourth-order valence-corrected chi connectivity index (χ4v) is 9.07. The molecule has 0 fully saturated rings. The van der Waals surface area contributed by atoms with Crippen LogP contribution in [0.25, 0.3) is 117 Å². The second-order valence-corrected chi connectivity index (χ2v) is 16.0. The third kappa shape index (κ3) is 6.53. The van der Waals surface area contributed by atoms with E-state index in [0.717, 1.165) is 78.0 Å². The first-order valence-electron chi connectivity index (χ1n) is 21.3. The summed E-state index contributed by atoms with van der Waals surface area (Å²) in [5.41, 5.74) is 15.9. The lowest BCUT2D eigenvalue weighted by Gasteiger charge is -2.14. The fourth-order valence-electron chi connectivity index (χ4n) is 9.07. The lowest BCUT2D eigenvalue weighted by molar-refractivity contribution is 1.18. The van der Waals surface area contributed by atoms with E-state index in [-0.39, 0.29) is 0 Å². The summed E-state index contributed by atoms with van der Waals surface area (Å²) in [6, 6.07) is 81.5. The zero-order chi connectivity index (χ0) is 41.7. The van der Waals surface area contributed by atoms with E-state index in [1.807, 2.05) is 24.3 Å². The second kappa shape index (κ2) is 15.2. The summed E-state index contributed by atoms with van der Waals surface area (Å²) < 4.78 is 2.38. The minimum absolute atomic E-state index is 0.698. The van der Waals surface area contributed by atoms with Gasteiger partial charge in [-0.15, -0.1) is 0 Å². The van der Waals surface area contributed by atoms with E-state index in [9.17, 15) is 0 Å². The number of para-hydroxylation sites is 2. The van der Waals surface area contributed by atoms with Crippen molar-refractivity contribution < 1.29 is 0 Å². The quantitative estimate of drug-likeness (QED) is 0.151. The van der Waals surface area contributed by atoms with Crippen LogP contribution in [0.4, 0.5) is 0 Å². The van der Waals surface area contributed by atoms with Crippen molar-refractivity contribution in [3.05, 3.63) is 231 Å². The van der Waals surface area contributed by atoms with Crippen LogP contribution in [0.5, 0.6) is 0 Å². The molecule has 12 rings (SSSR count). The molecule has 3 aromatic heterocycles. The summed E-state index contributed by atoms with van der Waals surface area (Å²) in [5, 5.41) is 5.87. The van der Waals surface area contributed by atoms with Crippen LogP contribution in [0.2, 0.25) is 0 Å². The zero-order valence-electron chi connectivity index (χ0n) is 34.2. The van der Waals surface area contributed by atoms with Gasteiger partial charge in [-0.1, -0.05) is 182 Å². The molecule has 0 saturated heterocycles. The molecular weight excluding hydrogens is 765 g/mol. The number of nitrogens with zero attached hydrogens (tertiary/aromatic N) is 4. The molecule has 0 aliphatic heterocycles. The van der Waals surface area contributed by atoms with Crippen molar-refractivity contribution in [2.75, 3.05) is 0 Å². The van der Waals surface area contributed by atoms with Crippen molar-refractivity contribution in [3.8, 4) is 73.1 Å². The normalized spacial score (nSPS) is 11.5. The standard InChI is InChI=1S/C59H38N4/c1-5-15-39(16-6-1)40-25-29-42(30-26-40)54-38-55(62-59(61-54)45-19-9-3-10-20-45)43-31-27-41(28-32-43)46-33-34-53-50(35-46)49-36-51-48-23-13-14-24-56(48)63(47-21-11-4-12-22-47)57(51)37-52(49)58(60-53)44-17-7-2-8-18-44/h1-38H. The van der Waals surface area contributed by atoms with Crippen LogP contribution in [-0.4, -0.2) is 19.5 Å². The maximum Gasteiger partial charge on any atom is 0.160 e. The Bertz CT molecular complexity index is 3620. The Kier molecular flexibility index (Phi) is 8.79. The molecule has 294 valence electrons. The maximum atomic E-state index is 5.39. The van der Waals surface area contributed by atoms with Crippen molar-refractivity contribution in [2.24, 2.45) is 0 Å². The number of pyridine rings is 1. The van der Waals surface area contributed by atoms with E-state index in [0.29, 0.717) is 5.82 Å². The SMILES string of the molecule is c1ccc(-c2ccc(-c3cc(-c4ccc(-c5ccc6nc(-c7ccccc7)c7cc8c(cc7c6c5)c5ccccc5n8-c5ccccc5)cc4)nc(-c4ccccc4)n3)cc2)cc1. The molecule has 0 aliphatic rings. The predicted molar refractivity (Wildman–Crippen MR) is 262 cm³/mol. The van der Waals surface area contributed by atoms with Gasteiger partial charge in [0.15, 0.2) is 5.82 Å². The largest absolute Gasteiger partial charge is 0.309 e. The number of hydrogen-bond donors (Lipinski definition) is 0. The van der Waals surface area contributed by atoms with Crippen LogP contribution < -0.4 is 0 Å². The van der Waals surface area contributed by atoms with Gasteiger partial charge in [-0.25, -0.2) is 15.0 Å². The number of fused-ring (bicyclic) bond motifs is 6. The second-order valence-electron chi connectivity index (χ2n) is 16.0. The van der Waals surface area contributed by atoms with Gasteiger partial charge in [0.25, 0.3) is 0 Å². The van der Waals surface area contributed by atoms with Crippen molar-refractivity contribution in [1.29, 1.82) is 0 Å². The predicted octanol–water partition coefficient (Wildman–Crippen LogP) is 15.3. The number of benzene rings is 9. The maximum absolute atomic E-state index is 5.39. The minimum atomic E-state index is 0.698. The summed E-state index contributed by atoms with van der Waals surface area (Å²) in [6.45, 7) is 0. The smallest absolute Gasteiger partial charge is 0.160 e. The summed E-state index contributed by atoms with van der Waals surface area (Å²) >= 11 is 0. The number of hydrogen-bond acceptors (Lipinski definition) is 3. The Hall–Kier alpha value is -8.47. The molecule has 9 aromatic carbocycles. The number of aromatic nitrogens is 4. The summed E-state index contributed by atoms with van der Waals surface area (Å²) in [5.74, 6) is 0.698. The minimum Gasteiger partial charge on any atom is -0.309 e. The summed E-state index contributed by atoms with van der Waals surface area (Å²) in [6.07, 6.45) is 0. The van der Waals surface area contributed by atoms with Crippen LogP contribution in [-0.2, 0) is 0 Å².